The first-order chi connectivity index (χ1) is 10.9. The highest BCUT2D eigenvalue weighted by molar-refractivity contribution is 7.81. The first kappa shape index (κ1) is 17.1. The van der Waals surface area contributed by atoms with Crippen LogP contribution in [0.2, 0.25) is 0 Å². The minimum atomic E-state index is -0.702. The summed E-state index contributed by atoms with van der Waals surface area (Å²) >= 11 is 4.29. The zero-order valence-electron chi connectivity index (χ0n) is 12.4. The van der Waals surface area contributed by atoms with E-state index < -0.39 is 23.0 Å². The Kier molecular flexibility index (Phi) is 5.43. The summed E-state index contributed by atoms with van der Waals surface area (Å²) in [4.78, 5) is 35.2. The molecule has 0 aromatic heterocycles. The zero-order chi connectivity index (χ0) is 17.0. The van der Waals surface area contributed by atoms with Gasteiger partial charge in [-0.15, -0.1) is 0 Å². The van der Waals surface area contributed by atoms with Gasteiger partial charge in [0.25, 0.3) is 5.69 Å². The molecule has 1 aromatic carbocycles. The fourth-order valence-electron chi connectivity index (χ4n) is 2.32. The van der Waals surface area contributed by atoms with Crippen molar-refractivity contribution in [3.63, 3.8) is 0 Å². The Morgan fingerprint density at radius 2 is 2.04 bits per heavy atom. The van der Waals surface area contributed by atoms with E-state index in [2.05, 4.69) is 17.4 Å². The summed E-state index contributed by atoms with van der Waals surface area (Å²) in [5, 5.41) is 10.5. The lowest BCUT2D eigenvalue weighted by Gasteiger charge is -2.21. The fourth-order valence-corrected chi connectivity index (χ4v) is 2.69. The number of likely N-dealkylation sites (tertiary alicyclic amines) is 1. The smallest absolute Gasteiger partial charge is 0.410 e. The molecule has 0 bridgehead atoms. The van der Waals surface area contributed by atoms with E-state index >= 15 is 0 Å². The standard InChI is InChI=1S/C14H16N2O6S/c1-21-13(17)12-6-11(23)7-15(12)14(18)22-8-9-2-4-10(5-3-9)16(19)20/h2-5,11-12,23H,6-8H2,1H3/t11-,12-/m0/s1. The van der Waals surface area contributed by atoms with Crippen LogP contribution >= 0.6 is 12.6 Å². The van der Waals surface area contributed by atoms with Crippen LogP contribution in [0.1, 0.15) is 12.0 Å². The number of nitro groups is 1. The summed E-state index contributed by atoms with van der Waals surface area (Å²) in [6.45, 7) is 0.250. The molecule has 8 nitrogen and oxygen atoms in total. The van der Waals surface area contributed by atoms with E-state index in [1.54, 1.807) is 0 Å². The predicted molar refractivity (Wildman–Crippen MR) is 83.2 cm³/mol. The Hall–Kier alpha value is -2.29. The molecule has 9 heteroatoms. The van der Waals surface area contributed by atoms with Crippen molar-refractivity contribution in [1.82, 2.24) is 4.90 Å². The topological polar surface area (TPSA) is 99.0 Å². The Labute approximate surface area is 137 Å². The van der Waals surface area contributed by atoms with E-state index in [0.29, 0.717) is 18.5 Å². The lowest BCUT2D eigenvalue weighted by atomic mass is 10.2. The van der Waals surface area contributed by atoms with Crippen molar-refractivity contribution in [3.05, 3.63) is 39.9 Å². The van der Waals surface area contributed by atoms with E-state index in [9.17, 15) is 19.7 Å². The molecule has 1 aromatic rings. The molecule has 0 saturated carbocycles. The Bertz CT molecular complexity index is 606. The average molecular weight is 340 g/mol. The second-order valence-electron chi connectivity index (χ2n) is 5.06. The first-order valence-electron chi connectivity index (χ1n) is 6.85. The quantitative estimate of drug-likeness (QED) is 0.388. The van der Waals surface area contributed by atoms with Gasteiger partial charge in [-0.05, 0) is 24.1 Å². The van der Waals surface area contributed by atoms with Crippen LogP contribution in [0, 0.1) is 10.1 Å². The van der Waals surface area contributed by atoms with Gasteiger partial charge in [0, 0.05) is 23.9 Å². The third-order valence-corrected chi connectivity index (χ3v) is 3.87. The van der Waals surface area contributed by atoms with Gasteiger partial charge in [-0.1, -0.05) is 0 Å². The third kappa shape index (κ3) is 4.13. The molecule has 0 N–H and O–H groups in total. The van der Waals surface area contributed by atoms with Gasteiger partial charge in [0.1, 0.15) is 12.6 Å². The maximum atomic E-state index is 12.1. The molecule has 1 saturated heterocycles. The predicted octanol–water partition coefficient (Wildman–Crippen LogP) is 1.78. The van der Waals surface area contributed by atoms with Gasteiger partial charge in [0.2, 0.25) is 0 Å². The summed E-state index contributed by atoms with van der Waals surface area (Å²) < 4.78 is 9.84. The summed E-state index contributed by atoms with van der Waals surface area (Å²) in [5.41, 5.74) is 0.573. The highest BCUT2D eigenvalue weighted by Gasteiger charge is 2.39. The molecular weight excluding hydrogens is 324 g/mol. The SMILES string of the molecule is COC(=O)[C@@H]1C[C@H](S)CN1C(=O)OCc1ccc([N+](=O)[O-])cc1. The van der Waals surface area contributed by atoms with Gasteiger partial charge in [-0.2, -0.15) is 12.6 Å². The number of esters is 1. The normalized spacial score (nSPS) is 20.2. The number of benzene rings is 1. The van der Waals surface area contributed by atoms with E-state index in [1.165, 1.54) is 36.3 Å². The summed E-state index contributed by atoms with van der Waals surface area (Å²) in [5.74, 6) is -0.506. The number of hydrogen-bond acceptors (Lipinski definition) is 7. The molecule has 124 valence electrons. The highest BCUT2D eigenvalue weighted by Crippen LogP contribution is 2.24. The van der Waals surface area contributed by atoms with Crippen LogP contribution in [0.15, 0.2) is 24.3 Å². The van der Waals surface area contributed by atoms with Crippen molar-refractivity contribution in [1.29, 1.82) is 0 Å². The Balaban J connectivity index is 1.95. The fraction of sp³-hybridized carbons (Fsp3) is 0.429. The van der Waals surface area contributed by atoms with Crippen molar-refractivity contribution in [2.75, 3.05) is 13.7 Å². The first-order valence-corrected chi connectivity index (χ1v) is 7.36. The Morgan fingerprint density at radius 1 is 1.39 bits per heavy atom. The molecule has 2 atom stereocenters. The van der Waals surface area contributed by atoms with Gasteiger partial charge in [0.05, 0.1) is 12.0 Å². The maximum absolute atomic E-state index is 12.1. The largest absolute Gasteiger partial charge is 0.467 e. The van der Waals surface area contributed by atoms with Gasteiger partial charge < -0.3 is 9.47 Å². The lowest BCUT2D eigenvalue weighted by molar-refractivity contribution is -0.384. The van der Waals surface area contributed by atoms with Crippen molar-refractivity contribution in [2.45, 2.75) is 24.3 Å². The molecule has 1 aliphatic heterocycles. The molecule has 0 radical (unpaired) electrons. The number of nitro benzene ring substituents is 1. The third-order valence-electron chi connectivity index (χ3n) is 3.50. The number of non-ortho nitro benzene ring substituents is 1. The Morgan fingerprint density at radius 3 is 2.61 bits per heavy atom. The number of carbonyl (C=O) groups excluding carboxylic acids is 2. The van der Waals surface area contributed by atoms with Crippen LogP contribution in [-0.4, -0.2) is 46.8 Å². The van der Waals surface area contributed by atoms with E-state index in [-0.39, 0.29) is 17.5 Å². The van der Waals surface area contributed by atoms with Gasteiger partial charge in [0.15, 0.2) is 0 Å². The second-order valence-corrected chi connectivity index (χ2v) is 5.79. The van der Waals surface area contributed by atoms with Gasteiger partial charge >= 0.3 is 12.1 Å². The molecule has 0 spiro atoms. The molecule has 1 aliphatic rings. The molecule has 1 amide bonds. The van der Waals surface area contributed by atoms with Crippen molar-refractivity contribution >= 4 is 30.4 Å². The highest BCUT2D eigenvalue weighted by atomic mass is 32.1. The number of nitrogens with zero attached hydrogens (tertiary/aromatic N) is 2. The molecular formula is C14H16N2O6S. The van der Waals surface area contributed by atoms with Crippen LogP contribution in [-0.2, 0) is 20.9 Å². The number of hydrogen-bond donors (Lipinski definition) is 1. The number of ether oxygens (including phenoxy) is 2. The minimum absolute atomic E-state index is 0.0386. The van der Waals surface area contributed by atoms with Gasteiger partial charge in [-0.3, -0.25) is 15.0 Å². The van der Waals surface area contributed by atoms with E-state index in [4.69, 9.17) is 4.74 Å². The number of carbonyl (C=O) groups is 2. The maximum Gasteiger partial charge on any atom is 0.410 e. The van der Waals surface area contributed by atoms with Crippen LogP contribution in [0.5, 0.6) is 0 Å². The molecule has 0 aliphatic carbocycles. The van der Waals surface area contributed by atoms with Gasteiger partial charge in [-0.25, -0.2) is 9.59 Å². The van der Waals surface area contributed by atoms with E-state index in [0.717, 1.165) is 0 Å². The second kappa shape index (κ2) is 7.32. The number of thiol groups is 1. The minimum Gasteiger partial charge on any atom is -0.467 e. The molecule has 2 rings (SSSR count). The molecule has 1 fully saturated rings. The van der Waals surface area contributed by atoms with E-state index in [1.807, 2.05) is 0 Å². The van der Waals surface area contributed by atoms with Crippen LogP contribution in [0.4, 0.5) is 10.5 Å². The van der Waals surface area contributed by atoms with Crippen molar-refractivity contribution < 1.29 is 24.0 Å². The average Bonchev–Trinajstić information content (AvgIpc) is 2.94. The van der Waals surface area contributed by atoms with Crippen LogP contribution < -0.4 is 0 Å². The number of amides is 1. The number of rotatable bonds is 4. The summed E-state index contributed by atoms with van der Waals surface area (Å²) in [6.07, 6.45) is -0.238. The lowest BCUT2D eigenvalue weighted by Crippen LogP contribution is -2.41. The summed E-state index contributed by atoms with van der Waals surface area (Å²) in [6, 6.07) is 4.98. The summed E-state index contributed by atoms with van der Waals surface area (Å²) in [7, 11) is 1.26. The molecule has 0 unspecified atom stereocenters. The zero-order valence-corrected chi connectivity index (χ0v) is 13.3. The monoisotopic (exact) mass is 340 g/mol. The number of methoxy groups -OCH3 is 1. The van der Waals surface area contributed by atoms with Crippen LogP contribution in [0.3, 0.4) is 0 Å². The molecule has 1 heterocycles. The van der Waals surface area contributed by atoms with Crippen LogP contribution in [0.25, 0.3) is 0 Å². The van der Waals surface area contributed by atoms with Crippen molar-refractivity contribution in [2.24, 2.45) is 0 Å². The molecule has 23 heavy (non-hydrogen) atoms. The van der Waals surface area contributed by atoms with Crippen molar-refractivity contribution in [3.8, 4) is 0 Å².